The van der Waals surface area contributed by atoms with E-state index in [9.17, 15) is 18.8 Å². The van der Waals surface area contributed by atoms with Gasteiger partial charge in [-0.15, -0.1) is 0 Å². The number of benzene rings is 1. The van der Waals surface area contributed by atoms with E-state index in [2.05, 4.69) is 15.0 Å². The van der Waals surface area contributed by atoms with Crippen molar-refractivity contribution in [2.24, 2.45) is 5.92 Å². The van der Waals surface area contributed by atoms with Gasteiger partial charge in [0.05, 0.1) is 13.4 Å². The summed E-state index contributed by atoms with van der Waals surface area (Å²) in [5, 5.41) is 12.3. The van der Waals surface area contributed by atoms with Crippen LogP contribution >= 0.6 is 0 Å². The van der Waals surface area contributed by atoms with Crippen molar-refractivity contribution in [2.75, 3.05) is 31.6 Å². The summed E-state index contributed by atoms with van der Waals surface area (Å²) in [6.07, 6.45) is 3.12. The topological polar surface area (TPSA) is 114 Å². The second-order valence-electron chi connectivity index (χ2n) is 7.93. The van der Waals surface area contributed by atoms with Gasteiger partial charge in [0.25, 0.3) is 5.89 Å². The molecule has 9 nitrogen and oxygen atoms in total. The lowest BCUT2D eigenvalue weighted by atomic mass is 9.96. The average Bonchev–Trinajstić information content (AvgIpc) is 3.54. The van der Waals surface area contributed by atoms with Gasteiger partial charge < -0.3 is 28.5 Å². The Labute approximate surface area is 200 Å². The molecule has 0 bridgehead atoms. The van der Waals surface area contributed by atoms with Gasteiger partial charge in [-0.25, -0.2) is 0 Å². The SMILES string of the molecule is COc1ccc(CCNC(=O)C2CCN(c3oc(-c4ccco4)nc3C#N)CC2)cc1OC(F)F. The van der Waals surface area contributed by atoms with Crippen LogP contribution in [-0.2, 0) is 11.2 Å². The fourth-order valence-electron chi connectivity index (χ4n) is 3.99. The molecule has 1 amide bonds. The van der Waals surface area contributed by atoms with Gasteiger partial charge in [-0.3, -0.25) is 4.79 Å². The van der Waals surface area contributed by atoms with Crippen LogP contribution in [0, 0.1) is 17.2 Å². The molecule has 184 valence electrons. The summed E-state index contributed by atoms with van der Waals surface area (Å²) in [7, 11) is 1.38. The Morgan fingerprint density at radius 3 is 2.77 bits per heavy atom. The molecule has 1 aromatic carbocycles. The summed E-state index contributed by atoms with van der Waals surface area (Å²) >= 11 is 0. The zero-order chi connectivity index (χ0) is 24.8. The van der Waals surface area contributed by atoms with Crippen molar-refractivity contribution in [1.82, 2.24) is 10.3 Å². The molecular weight excluding hydrogens is 462 g/mol. The number of carbonyl (C=O) groups is 1. The molecule has 1 aliphatic heterocycles. The van der Waals surface area contributed by atoms with Crippen LogP contribution in [0.2, 0.25) is 0 Å². The number of carbonyl (C=O) groups excluding carboxylic acids is 1. The monoisotopic (exact) mass is 486 g/mol. The number of anilines is 1. The zero-order valence-electron chi connectivity index (χ0n) is 19.0. The molecule has 0 spiro atoms. The van der Waals surface area contributed by atoms with Crippen molar-refractivity contribution < 1.29 is 31.9 Å². The average molecular weight is 486 g/mol. The van der Waals surface area contributed by atoms with Gasteiger partial charge in [-0.05, 0) is 49.1 Å². The number of nitrogens with zero attached hydrogens (tertiary/aromatic N) is 3. The van der Waals surface area contributed by atoms with Crippen molar-refractivity contribution >= 4 is 11.8 Å². The van der Waals surface area contributed by atoms with E-state index in [0.29, 0.717) is 50.5 Å². The molecule has 1 N–H and O–H groups in total. The van der Waals surface area contributed by atoms with Crippen molar-refractivity contribution in [3.8, 4) is 29.2 Å². The van der Waals surface area contributed by atoms with Gasteiger partial charge in [-0.2, -0.15) is 19.0 Å². The van der Waals surface area contributed by atoms with E-state index in [1.807, 2.05) is 11.0 Å². The predicted octanol–water partition coefficient (Wildman–Crippen LogP) is 3.99. The van der Waals surface area contributed by atoms with E-state index in [0.717, 1.165) is 5.56 Å². The molecule has 0 unspecified atom stereocenters. The van der Waals surface area contributed by atoms with Crippen LogP contribution in [0.4, 0.5) is 14.7 Å². The van der Waals surface area contributed by atoms with E-state index in [4.69, 9.17) is 13.6 Å². The number of alkyl halides is 2. The number of aromatic nitrogens is 1. The fraction of sp³-hybridized carbons (Fsp3) is 0.375. The number of oxazole rings is 1. The second-order valence-corrected chi connectivity index (χ2v) is 7.93. The first kappa shape index (κ1) is 24.1. The Kier molecular flexibility index (Phi) is 7.50. The highest BCUT2D eigenvalue weighted by atomic mass is 19.3. The van der Waals surface area contributed by atoms with Crippen molar-refractivity contribution in [3.05, 3.63) is 47.9 Å². The summed E-state index contributed by atoms with van der Waals surface area (Å²) in [6.45, 7) is -1.53. The van der Waals surface area contributed by atoms with Crippen molar-refractivity contribution in [1.29, 1.82) is 5.26 Å². The molecule has 11 heteroatoms. The maximum atomic E-state index is 12.7. The quantitative estimate of drug-likeness (QED) is 0.483. The highest BCUT2D eigenvalue weighted by molar-refractivity contribution is 5.79. The minimum absolute atomic E-state index is 0.0435. The third kappa shape index (κ3) is 5.71. The van der Waals surface area contributed by atoms with Gasteiger partial charge in [0.15, 0.2) is 17.3 Å². The Morgan fingerprint density at radius 2 is 2.11 bits per heavy atom. The van der Waals surface area contributed by atoms with Crippen LogP contribution in [0.15, 0.2) is 45.4 Å². The molecule has 0 atom stereocenters. The second kappa shape index (κ2) is 10.9. The minimum Gasteiger partial charge on any atom is -0.493 e. The number of nitriles is 1. The number of hydrogen-bond donors (Lipinski definition) is 1. The normalized spacial score (nSPS) is 14.1. The van der Waals surface area contributed by atoms with E-state index in [1.54, 1.807) is 24.3 Å². The molecule has 1 fully saturated rings. The predicted molar refractivity (Wildman–Crippen MR) is 120 cm³/mol. The van der Waals surface area contributed by atoms with Gasteiger partial charge in [0.2, 0.25) is 17.5 Å². The maximum absolute atomic E-state index is 12.7. The standard InChI is InChI=1S/C24H24F2N4O5/c1-32-18-5-4-15(13-20(18)34-24(25)26)6-9-28-21(31)16-7-10-30(11-8-16)23-17(14-27)29-22(35-23)19-3-2-12-33-19/h2-5,12-13,16,24H,6-11H2,1H3,(H,28,31). The van der Waals surface area contributed by atoms with Crippen LogP contribution in [0.1, 0.15) is 24.1 Å². The minimum atomic E-state index is -2.96. The number of methoxy groups -OCH3 is 1. The molecule has 0 radical (unpaired) electrons. The van der Waals surface area contributed by atoms with E-state index in [1.165, 1.54) is 19.4 Å². The number of nitrogens with one attached hydrogen (secondary N) is 1. The Hall–Kier alpha value is -4.07. The summed E-state index contributed by atoms with van der Waals surface area (Å²) in [4.78, 5) is 18.8. The Morgan fingerprint density at radius 1 is 1.31 bits per heavy atom. The number of hydrogen-bond acceptors (Lipinski definition) is 8. The highest BCUT2D eigenvalue weighted by Crippen LogP contribution is 2.32. The molecule has 2 aromatic heterocycles. The number of rotatable bonds is 9. The largest absolute Gasteiger partial charge is 0.493 e. The first-order valence-electron chi connectivity index (χ1n) is 11.1. The molecule has 1 aliphatic rings. The smallest absolute Gasteiger partial charge is 0.387 e. The van der Waals surface area contributed by atoms with Gasteiger partial charge >= 0.3 is 6.61 Å². The molecule has 0 saturated carbocycles. The van der Waals surface area contributed by atoms with Crippen LogP contribution in [0.25, 0.3) is 11.7 Å². The number of furan rings is 1. The molecule has 35 heavy (non-hydrogen) atoms. The maximum Gasteiger partial charge on any atom is 0.387 e. The van der Waals surface area contributed by atoms with Crippen molar-refractivity contribution in [2.45, 2.75) is 25.9 Å². The third-order valence-corrected chi connectivity index (χ3v) is 5.76. The lowest BCUT2D eigenvalue weighted by molar-refractivity contribution is -0.125. The lowest BCUT2D eigenvalue weighted by Crippen LogP contribution is -2.41. The van der Waals surface area contributed by atoms with Crippen LogP contribution in [0.5, 0.6) is 11.5 Å². The fourth-order valence-corrected chi connectivity index (χ4v) is 3.99. The highest BCUT2D eigenvalue weighted by Gasteiger charge is 2.29. The molecule has 3 aromatic rings. The summed E-state index contributed by atoms with van der Waals surface area (Å²) in [5.74, 6) is 0.966. The molecule has 4 rings (SSSR count). The first-order valence-corrected chi connectivity index (χ1v) is 11.1. The lowest BCUT2D eigenvalue weighted by Gasteiger charge is -2.31. The molecule has 0 aliphatic carbocycles. The number of halogens is 2. The Bertz CT molecular complexity index is 1180. The molecular formula is C24H24F2N4O5. The van der Waals surface area contributed by atoms with E-state index >= 15 is 0 Å². The van der Waals surface area contributed by atoms with Crippen LogP contribution in [0.3, 0.4) is 0 Å². The van der Waals surface area contributed by atoms with Gasteiger partial charge in [0, 0.05) is 25.6 Å². The molecule has 1 saturated heterocycles. The van der Waals surface area contributed by atoms with Gasteiger partial charge in [0.1, 0.15) is 6.07 Å². The van der Waals surface area contributed by atoms with Gasteiger partial charge in [-0.1, -0.05) is 6.07 Å². The first-order chi connectivity index (χ1) is 17.0. The van der Waals surface area contributed by atoms with E-state index in [-0.39, 0.29) is 34.9 Å². The van der Waals surface area contributed by atoms with Crippen LogP contribution < -0.4 is 19.7 Å². The summed E-state index contributed by atoms with van der Waals surface area (Å²) in [6, 6.07) is 10.2. The van der Waals surface area contributed by atoms with Crippen LogP contribution in [-0.4, -0.2) is 44.2 Å². The number of piperidine rings is 1. The Balaban J connectivity index is 1.28. The van der Waals surface area contributed by atoms with Crippen molar-refractivity contribution in [3.63, 3.8) is 0 Å². The third-order valence-electron chi connectivity index (χ3n) is 5.76. The summed E-state index contributed by atoms with van der Waals surface area (Å²) < 4.78 is 45.8. The molecule has 3 heterocycles. The number of amides is 1. The summed E-state index contributed by atoms with van der Waals surface area (Å²) in [5.41, 5.74) is 0.910. The zero-order valence-corrected chi connectivity index (χ0v) is 19.0. The number of ether oxygens (including phenoxy) is 2. The van der Waals surface area contributed by atoms with E-state index < -0.39 is 6.61 Å².